The Balaban J connectivity index is 2.49. The van der Waals surface area contributed by atoms with Crippen LogP contribution in [0.4, 0.5) is 0 Å². The second-order valence-corrected chi connectivity index (χ2v) is 5.26. The molecule has 2 rings (SSSR count). The zero-order valence-electron chi connectivity index (χ0n) is 10.5. The first-order valence-corrected chi connectivity index (χ1v) is 6.72. The Morgan fingerprint density at radius 3 is 2.84 bits per heavy atom. The van der Waals surface area contributed by atoms with Gasteiger partial charge >= 0.3 is 0 Å². The summed E-state index contributed by atoms with van der Waals surface area (Å²) in [5.41, 5.74) is 4.58. The lowest BCUT2D eigenvalue weighted by atomic mass is 10.0. The molecule has 0 aliphatic carbocycles. The van der Waals surface area contributed by atoms with Crippen LogP contribution in [0.5, 0.6) is 5.75 Å². The van der Waals surface area contributed by atoms with Gasteiger partial charge in [0.05, 0.1) is 24.4 Å². The van der Waals surface area contributed by atoms with Gasteiger partial charge in [-0.2, -0.15) is 5.10 Å². The number of aromatic nitrogens is 2. The molecule has 0 radical (unpaired) electrons. The fourth-order valence-corrected chi connectivity index (χ4v) is 2.45. The quantitative estimate of drug-likeness (QED) is 0.660. The van der Waals surface area contributed by atoms with Crippen molar-refractivity contribution in [1.82, 2.24) is 15.2 Å². The molecule has 0 bridgehead atoms. The molecule has 0 amide bonds. The molecule has 5 nitrogen and oxygen atoms in total. The van der Waals surface area contributed by atoms with Crippen molar-refractivity contribution in [3.63, 3.8) is 0 Å². The summed E-state index contributed by atoms with van der Waals surface area (Å²) in [5.74, 6) is 6.36. The summed E-state index contributed by atoms with van der Waals surface area (Å²) in [6.45, 7) is 0. The molecular weight excluding hydrogens is 332 g/mol. The lowest BCUT2D eigenvalue weighted by molar-refractivity contribution is 0.401. The first-order valence-electron chi connectivity index (χ1n) is 5.55. The van der Waals surface area contributed by atoms with E-state index in [2.05, 4.69) is 26.5 Å². The van der Waals surface area contributed by atoms with E-state index in [1.165, 1.54) is 0 Å². The predicted octanol–water partition coefficient (Wildman–Crippen LogP) is 2.40. The number of aryl methyl sites for hydroxylation is 1. The highest BCUT2D eigenvalue weighted by molar-refractivity contribution is 9.10. The number of rotatable bonds is 4. The molecule has 1 aromatic carbocycles. The fraction of sp³-hybridized carbons (Fsp3) is 0.250. The van der Waals surface area contributed by atoms with Crippen molar-refractivity contribution < 1.29 is 4.74 Å². The van der Waals surface area contributed by atoms with Crippen LogP contribution in [-0.4, -0.2) is 16.9 Å². The molecule has 0 saturated carbocycles. The number of nitrogens with one attached hydrogen (secondary N) is 1. The summed E-state index contributed by atoms with van der Waals surface area (Å²) in [5, 5.41) is 4.83. The zero-order valence-corrected chi connectivity index (χ0v) is 12.9. The highest BCUT2D eigenvalue weighted by Gasteiger charge is 2.21. The average Bonchev–Trinajstić information content (AvgIpc) is 2.76. The van der Waals surface area contributed by atoms with Crippen LogP contribution in [0.3, 0.4) is 0 Å². The summed E-state index contributed by atoms with van der Waals surface area (Å²) in [4.78, 5) is 0. The summed E-state index contributed by atoms with van der Waals surface area (Å²) >= 11 is 9.41. The van der Waals surface area contributed by atoms with Gasteiger partial charge in [-0.3, -0.25) is 10.5 Å². The van der Waals surface area contributed by atoms with E-state index < -0.39 is 0 Å². The number of ether oxygens (including phenoxy) is 1. The van der Waals surface area contributed by atoms with Crippen molar-refractivity contribution in [2.24, 2.45) is 12.9 Å². The molecule has 2 aromatic rings. The second kappa shape index (κ2) is 5.92. The Morgan fingerprint density at radius 1 is 1.53 bits per heavy atom. The topological polar surface area (TPSA) is 65.1 Å². The van der Waals surface area contributed by atoms with Gasteiger partial charge in [0, 0.05) is 11.5 Å². The molecule has 1 atom stereocenters. The molecule has 1 unspecified atom stereocenters. The Morgan fingerprint density at radius 2 is 2.26 bits per heavy atom. The largest absolute Gasteiger partial charge is 0.493 e. The molecule has 19 heavy (non-hydrogen) atoms. The Kier molecular flexibility index (Phi) is 4.46. The molecule has 0 aliphatic rings. The number of methoxy groups -OCH3 is 1. The molecule has 102 valence electrons. The monoisotopic (exact) mass is 344 g/mol. The normalized spacial score (nSPS) is 12.5. The third-order valence-electron chi connectivity index (χ3n) is 2.89. The van der Waals surface area contributed by atoms with E-state index in [-0.39, 0.29) is 6.04 Å². The van der Waals surface area contributed by atoms with E-state index in [4.69, 9.17) is 22.2 Å². The summed E-state index contributed by atoms with van der Waals surface area (Å²) in [6.07, 6.45) is 1.66. The van der Waals surface area contributed by atoms with Crippen LogP contribution in [0.25, 0.3) is 0 Å². The minimum absolute atomic E-state index is 0.240. The van der Waals surface area contributed by atoms with Crippen LogP contribution in [0.1, 0.15) is 17.3 Å². The molecule has 7 heteroatoms. The number of benzene rings is 1. The van der Waals surface area contributed by atoms with E-state index in [0.29, 0.717) is 10.8 Å². The zero-order chi connectivity index (χ0) is 14.0. The first-order chi connectivity index (χ1) is 9.08. The number of hydrogen-bond acceptors (Lipinski definition) is 4. The fourth-order valence-electron chi connectivity index (χ4n) is 1.94. The number of nitrogens with zero attached hydrogens (tertiary/aromatic N) is 2. The van der Waals surface area contributed by atoms with Crippen LogP contribution >= 0.6 is 27.5 Å². The first kappa shape index (κ1) is 14.3. The number of nitrogens with two attached hydrogens (primary N) is 1. The predicted molar refractivity (Wildman–Crippen MR) is 78.1 cm³/mol. The average molecular weight is 346 g/mol. The highest BCUT2D eigenvalue weighted by Crippen LogP contribution is 2.32. The minimum Gasteiger partial charge on any atom is -0.493 e. The molecule has 3 N–H and O–H groups in total. The van der Waals surface area contributed by atoms with Gasteiger partial charge in [0.25, 0.3) is 0 Å². The van der Waals surface area contributed by atoms with Gasteiger partial charge in [-0.25, -0.2) is 5.43 Å². The SMILES string of the molecule is COc1cnn(C)c1C(NN)c1ccc(Cl)c(Br)c1. The van der Waals surface area contributed by atoms with Crippen molar-refractivity contribution in [3.05, 3.63) is 45.1 Å². The van der Waals surface area contributed by atoms with Crippen LogP contribution in [0, 0.1) is 0 Å². The maximum absolute atomic E-state index is 6.00. The minimum atomic E-state index is -0.240. The Hall–Kier alpha value is -1.08. The van der Waals surface area contributed by atoms with Crippen LogP contribution in [0.2, 0.25) is 5.02 Å². The van der Waals surface area contributed by atoms with E-state index >= 15 is 0 Å². The number of hydrogen-bond donors (Lipinski definition) is 2. The van der Waals surface area contributed by atoms with E-state index in [1.54, 1.807) is 18.0 Å². The summed E-state index contributed by atoms with van der Waals surface area (Å²) < 4.78 is 7.85. The Labute approximate surface area is 124 Å². The number of halogens is 2. The van der Waals surface area contributed by atoms with Gasteiger partial charge in [0.1, 0.15) is 5.69 Å². The van der Waals surface area contributed by atoms with Crippen LogP contribution < -0.4 is 16.0 Å². The third-order valence-corrected chi connectivity index (χ3v) is 4.10. The van der Waals surface area contributed by atoms with Gasteiger partial charge < -0.3 is 4.74 Å². The van der Waals surface area contributed by atoms with Gasteiger partial charge in [0.2, 0.25) is 0 Å². The van der Waals surface area contributed by atoms with Crippen molar-refractivity contribution in [3.8, 4) is 5.75 Å². The smallest absolute Gasteiger partial charge is 0.161 e. The van der Waals surface area contributed by atoms with Gasteiger partial charge in [-0.15, -0.1) is 0 Å². The van der Waals surface area contributed by atoms with Crippen molar-refractivity contribution >= 4 is 27.5 Å². The van der Waals surface area contributed by atoms with Gasteiger partial charge in [0.15, 0.2) is 5.75 Å². The Bertz CT molecular complexity index is 587. The summed E-state index contributed by atoms with van der Waals surface area (Å²) in [7, 11) is 3.44. The molecule has 1 heterocycles. The number of hydrazine groups is 1. The molecule has 0 spiro atoms. The maximum atomic E-state index is 6.00. The molecule has 0 saturated heterocycles. The van der Waals surface area contributed by atoms with Crippen molar-refractivity contribution in [2.45, 2.75) is 6.04 Å². The molecular formula is C12H14BrClN4O. The second-order valence-electron chi connectivity index (χ2n) is 4.00. The van der Waals surface area contributed by atoms with Crippen molar-refractivity contribution in [1.29, 1.82) is 0 Å². The lowest BCUT2D eigenvalue weighted by Crippen LogP contribution is -2.30. The van der Waals surface area contributed by atoms with Gasteiger partial charge in [-0.05, 0) is 33.6 Å². The molecule has 0 aliphatic heterocycles. The van der Waals surface area contributed by atoms with E-state index in [0.717, 1.165) is 15.7 Å². The van der Waals surface area contributed by atoms with Crippen LogP contribution in [-0.2, 0) is 7.05 Å². The molecule has 1 aromatic heterocycles. The molecule has 0 fully saturated rings. The summed E-state index contributed by atoms with van der Waals surface area (Å²) in [6, 6.07) is 5.40. The van der Waals surface area contributed by atoms with E-state index in [9.17, 15) is 0 Å². The van der Waals surface area contributed by atoms with Crippen LogP contribution in [0.15, 0.2) is 28.9 Å². The highest BCUT2D eigenvalue weighted by atomic mass is 79.9. The standard InChI is InChI=1S/C12H14BrClN4O/c1-18-12(10(19-2)6-16-18)11(17-15)7-3-4-9(14)8(13)5-7/h3-6,11,17H,15H2,1-2H3. The van der Waals surface area contributed by atoms with Gasteiger partial charge in [-0.1, -0.05) is 17.7 Å². The lowest BCUT2D eigenvalue weighted by Gasteiger charge is -2.18. The third kappa shape index (κ3) is 2.76. The maximum Gasteiger partial charge on any atom is 0.161 e. The van der Waals surface area contributed by atoms with Crippen molar-refractivity contribution in [2.75, 3.05) is 7.11 Å². The van der Waals surface area contributed by atoms with E-state index in [1.807, 2.05) is 25.2 Å².